The molecule has 2 aromatic carbocycles. The van der Waals surface area contributed by atoms with Crippen LogP contribution in [0.25, 0.3) is 0 Å². The first-order valence-electron chi connectivity index (χ1n) is 12.7. The molecule has 41 heavy (non-hydrogen) atoms. The van der Waals surface area contributed by atoms with Crippen molar-refractivity contribution < 1.29 is 50.5 Å². The second kappa shape index (κ2) is 12.9. The van der Waals surface area contributed by atoms with Crippen LogP contribution < -0.4 is 10.1 Å². The van der Waals surface area contributed by atoms with Crippen molar-refractivity contribution in [1.82, 2.24) is 10.2 Å². The number of nitrogens with zero attached hydrogens (tertiary/aromatic N) is 1. The van der Waals surface area contributed by atoms with Gasteiger partial charge in [-0.25, -0.2) is 4.79 Å². The molecule has 1 aliphatic heterocycles. The number of carboxylic acid groups (broad SMARTS) is 1. The second-order valence-corrected chi connectivity index (χ2v) is 9.79. The first-order valence-corrected chi connectivity index (χ1v) is 12.7. The molecular formula is C27H29ClF6N2O5. The molecular weight excluding hydrogens is 582 g/mol. The molecule has 0 bridgehead atoms. The summed E-state index contributed by atoms with van der Waals surface area (Å²) >= 11 is 0. The number of rotatable bonds is 11. The number of carboxylic acids is 1. The molecule has 1 unspecified atom stereocenters. The van der Waals surface area contributed by atoms with Crippen molar-refractivity contribution >= 4 is 24.3 Å². The van der Waals surface area contributed by atoms with Gasteiger partial charge in [0.1, 0.15) is 12.4 Å². The number of likely N-dealkylation sites (tertiary alicyclic amines) is 1. The molecule has 14 heteroatoms. The molecule has 1 saturated heterocycles. The van der Waals surface area contributed by atoms with E-state index in [0.29, 0.717) is 37.6 Å². The van der Waals surface area contributed by atoms with Gasteiger partial charge in [0.2, 0.25) is 0 Å². The molecule has 7 nitrogen and oxygen atoms in total. The highest BCUT2D eigenvalue weighted by molar-refractivity contribution is 5.95. The third-order valence-corrected chi connectivity index (χ3v) is 7.05. The molecule has 2 aromatic rings. The maximum atomic E-state index is 13.1. The number of amides is 1. The molecule has 1 saturated carbocycles. The van der Waals surface area contributed by atoms with Gasteiger partial charge in [0, 0.05) is 44.3 Å². The Morgan fingerprint density at radius 2 is 1.56 bits per heavy atom. The van der Waals surface area contributed by atoms with Crippen LogP contribution in [0.1, 0.15) is 34.0 Å². The first kappa shape index (κ1) is 32.5. The number of alkyl halides is 6. The third-order valence-electron chi connectivity index (χ3n) is 7.05. The fraction of sp³-hybridized carbons (Fsp3) is 0.481. The second-order valence-electron chi connectivity index (χ2n) is 9.79. The van der Waals surface area contributed by atoms with Crippen molar-refractivity contribution in [1.29, 1.82) is 0 Å². The fourth-order valence-corrected chi connectivity index (χ4v) is 5.00. The Morgan fingerprint density at radius 3 is 2.05 bits per heavy atom. The summed E-state index contributed by atoms with van der Waals surface area (Å²) in [5.74, 6) is -1.17. The predicted molar refractivity (Wildman–Crippen MR) is 137 cm³/mol. The average molecular weight is 611 g/mol. The SMILES string of the molecule is CCO[C@@H](Cc1ccc(OCCNC2[C@H]3CN(C(=O)c4cc(C(F)(F)F)cc(C(F)(F)F)c4)C[C@@H]23)cc1)C(=O)O.Cl. The lowest BCUT2D eigenvalue weighted by Crippen LogP contribution is -2.36. The van der Waals surface area contributed by atoms with E-state index in [-0.39, 0.29) is 55.9 Å². The highest BCUT2D eigenvalue weighted by atomic mass is 35.5. The minimum Gasteiger partial charge on any atom is -0.492 e. The van der Waals surface area contributed by atoms with E-state index in [1.807, 2.05) is 0 Å². The van der Waals surface area contributed by atoms with E-state index in [1.54, 1.807) is 31.2 Å². The lowest BCUT2D eigenvalue weighted by molar-refractivity contribution is -0.150. The third kappa shape index (κ3) is 8.04. The van der Waals surface area contributed by atoms with Crippen molar-refractivity contribution in [2.75, 3.05) is 32.8 Å². The van der Waals surface area contributed by atoms with Gasteiger partial charge < -0.3 is 24.8 Å². The Balaban J connectivity index is 0.00000462. The molecule has 0 radical (unpaired) electrons. The summed E-state index contributed by atoms with van der Waals surface area (Å²) in [6, 6.07) is 7.99. The number of halogens is 7. The summed E-state index contributed by atoms with van der Waals surface area (Å²) in [4.78, 5) is 25.3. The number of hydrogen-bond acceptors (Lipinski definition) is 5. The van der Waals surface area contributed by atoms with Gasteiger partial charge in [-0.2, -0.15) is 26.3 Å². The molecule has 0 aromatic heterocycles. The summed E-state index contributed by atoms with van der Waals surface area (Å²) in [7, 11) is 0. The Hall–Kier alpha value is -3.03. The van der Waals surface area contributed by atoms with Crippen molar-refractivity contribution in [2.24, 2.45) is 11.8 Å². The molecule has 0 spiro atoms. The smallest absolute Gasteiger partial charge is 0.416 e. The van der Waals surface area contributed by atoms with Gasteiger partial charge in [-0.1, -0.05) is 12.1 Å². The van der Waals surface area contributed by atoms with Crippen molar-refractivity contribution in [2.45, 2.75) is 37.8 Å². The Kier molecular flexibility index (Phi) is 10.2. The quantitative estimate of drug-likeness (QED) is 0.278. The van der Waals surface area contributed by atoms with Crippen molar-refractivity contribution in [3.05, 3.63) is 64.7 Å². The first-order chi connectivity index (χ1) is 18.8. The fourth-order valence-electron chi connectivity index (χ4n) is 5.00. The Labute approximate surface area is 238 Å². The lowest BCUT2D eigenvalue weighted by Gasteiger charge is -2.22. The van der Waals surface area contributed by atoms with E-state index in [4.69, 9.17) is 9.47 Å². The molecule has 1 amide bonds. The zero-order chi connectivity index (χ0) is 29.2. The monoisotopic (exact) mass is 610 g/mol. The van der Waals surface area contributed by atoms with Crippen LogP contribution in [0.4, 0.5) is 26.3 Å². The van der Waals surface area contributed by atoms with Gasteiger partial charge in [0.05, 0.1) is 11.1 Å². The van der Waals surface area contributed by atoms with E-state index in [0.717, 1.165) is 5.56 Å². The largest absolute Gasteiger partial charge is 0.492 e. The van der Waals surface area contributed by atoms with Gasteiger partial charge in [-0.15, -0.1) is 12.4 Å². The molecule has 2 N–H and O–H groups in total. The molecule has 1 aliphatic carbocycles. The van der Waals surface area contributed by atoms with Crippen LogP contribution in [0.5, 0.6) is 5.75 Å². The Bertz CT molecular complexity index is 1180. The van der Waals surface area contributed by atoms with Crippen molar-refractivity contribution in [3.8, 4) is 5.75 Å². The van der Waals surface area contributed by atoms with Gasteiger partial charge >= 0.3 is 18.3 Å². The van der Waals surface area contributed by atoms with Crippen molar-refractivity contribution in [3.63, 3.8) is 0 Å². The number of aliphatic carboxylic acids is 1. The topological polar surface area (TPSA) is 88.1 Å². The summed E-state index contributed by atoms with van der Waals surface area (Å²) in [6.45, 7) is 3.31. The maximum Gasteiger partial charge on any atom is 0.416 e. The van der Waals surface area contributed by atoms with E-state index >= 15 is 0 Å². The molecule has 226 valence electrons. The molecule has 1 heterocycles. The van der Waals surface area contributed by atoms with Crippen LogP contribution in [0.3, 0.4) is 0 Å². The average Bonchev–Trinajstić information content (AvgIpc) is 3.32. The van der Waals surface area contributed by atoms with Gasteiger partial charge in [-0.3, -0.25) is 4.79 Å². The minimum absolute atomic E-state index is 0. The molecule has 2 aliphatic rings. The van der Waals surface area contributed by atoms with Crippen LogP contribution >= 0.6 is 12.4 Å². The van der Waals surface area contributed by atoms with E-state index in [1.165, 1.54) is 4.90 Å². The van der Waals surface area contributed by atoms with E-state index < -0.39 is 47.0 Å². The van der Waals surface area contributed by atoms with E-state index in [2.05, 4.69) is 5.32 Å². The van der Waals surface area contributed by atoms with E-state index in [9.17, 15) is 41.0 Å². The number of benzene rings is 2. The number of carbonyl (C=O) groups excluding carboxylic acids is 1. The zero-order valence-corrected chi connectivity index (χ0v) is 22.6. The summed E-state index contributed by atoms with van der Waals surface area (Å²) in [5, 5.41) is 12.5. The van der Waals surface area contributed by atoms with Crippen LogP contribution in [0.15, 0.2) is 42.5 Å². The van der Waals surface area contributed by atoms with Gasteiger partial charge in [-0.05, 0) is 54.7 Å². The van der Waals surface area contributed by atoms with Crippen LogP contribution in [0.2, 0.25) is 0 Å². The van der Waals surface area contributed by atoms with Crippen LogP contribution in [0, 0.1) is 11.8 Å². The number of fused-ring (bicyclic) bond motifs is 1. The minimum atomic E-state index is -5.02. The highest BCUT2D eigenvalue weighted by Crippen LogP contribution is 2.46. The summed E-state index contributed by atoms with van der Waals surface area (Å²) < 4.78 is 89.7. The number of nitrogens with one attached hydrogen (secondary N) is 1. The number of ether oxygens (including phenoxy) is 2. The van der Waals surface area contributed by atoms with Crippen LogP contribution in [-0.2, 0) is 28.3 Å². The lowest BCUT2D eigenvalue weighted by atomic mass is 10.0. The highest BCUT2D eigenvalue weighted by Gasteiger charge is 2.56. The van der Waals surface area contributed by atoms with Gasteiger partial charge in [0.25, 0.3) is 5.91 Å². The summed E-state index contributed by atoms with van der Waals surface area (Å²) in [5.41, 5.74) is -2.88. The maximum absolute atomic E-state index is 13.1. The van der Waals surface area contributed by atoms with Gasteiger partial charge in [0.15, 0.2) is 6.10 Å². The standard InChI is InChI=1S/C27H28F6N2O5.ClH/c1-2-39-22(25(37)38)9-15-3-5-19(6-4-15)40-8-7-34-23-20-13-35(14-21(20)23)24(36)16-10-17(26(28,29)30)12-18(11-16)27(31,32)33;/h3-6,10-12,20-23,34H,2,7-9,13-14H2,1H3,(H,37,38);1H/t20-,21+,22-,23?;/m0./s1. The normalized spacial score (nSPS) is 20.7. The number of piperidine rings is 1. The number of carbonyl (C=O) groups is 2. The molecule has 4 atom stereocenters. The predicted octanol–water partition coefficient (Wildman–Crippen LogP) is 4.92. The molecule has 4 rings (SSSR count). The summed E-state index contributed by atoms with van der Waals surface area (Å²) in [6.07, 6.45) is -10.7. The van der Waals surface area contributed by atoms with Crippen LogP contribution in [-0.4, -0.2) is 66.9 Å². The molecule has 2 fully saturated rings. The number of hydrogen-bond donors (Lipinski definition) is 2. The Morgan fingerprint density at radius 1 is 1.00 bits per heavy atom. The zero-order valence-electron chi connectivity index (χ0n) is 21.8.